The zero-order chi connectivity index (χ0) is 21.4. The van der Waals surface area contributed by atoms with Gasteiger partial charge < -0.3 is 18.9 Å². The summed E-state index contributed by atoms with van der Waals surface area (Å²) >= 11 is 0. The molecular weight excluding hydrogens is 364 g/mol. The molecule has 0 saturated heterocycles. The largest absolute Gasteiger partial charge is 0.379 e. The first kappa shape index (κ1) is 26.1. The summed E-state index contributed by atoms with van der Waals surface area (Å²) in [6, 6.07) is 9.05. The fourth-order valence-electron chi connectivity index (χ4n) is 3.20. The van der Waals surface area contributed by atoms with E-state index in [-0.39, 0.29) is 5.41 Å². The van der Waals surface area contributed by atoms with Crippen molar-refractivity contribution in [2.45, 2.75) is 66.2 Å². The highest BCUT2D eigenvalue weighted by Crippen LogP contribution is 2.26. The van der Waals surface area contributed by atoms with Gasteiger partial charge in [-0.25, -0.2) is 0 Å². The zero-order valence-corrected chi connectivity index (χ0v) is 19.5. The first-order chi connectivity index (χ1) is 14.0. The number of rotatable bonds is 18. The second kappa shape index (κ2) is 15.8. The molecule has 4 heteroatoms. The minimum absolute atomic E-state index is 0.0760. The normalized spacial score (nSPS) is 13.0. The lowest BCUT2D eigenvalue weighted by atomic mass is 9.84. The molecule has 0 aliphatic carbocycles. The third kappa shape index (κ3) is 11.7. The van der Waals surface area contributed by atoms with Gasteiger partial charge in [0.15, 0.2) is 0 Å². The highest BCUT2D eigenvalue weighted by atomic mass is 16.5. The van der Waals surface area contributed by atoms with Crippen LogP contribution in [-0.4, -0.2) is 52.9 Å². The van der Waals surface area contributed by atoms with Gasteiger partial charge in [0, 0.05) is 18.6 Å². The minimum Gasteiger partial charge on any atom is -0.379 e. The summed E-state index contributed by atoms with van der Waals surface area (Å²) in [6.45, 7) is 16.5. The molecule has 1 rings (SSSR count). The van der Waals surface area contributed by atoms with E-state index in [1.54, 1.807) is 0 Å². The Morgan fingerprint density at radius 2 is 1.21 bits per heavy atom. The molecule has 168 valence electrons. The van der Waals surface area contributed by atoms with E-state index in [1.165, 1.54) is 17.5 Å². The monoisotopic (exact) mass is 408 g/mol. The maximum absolute atomic E-state index is 5.96. The van der Waals surface area contributed by atoms with E-state index in [1.807, 2.05) is 0 Å². The molecule has 1 unspecified atom stereocenters. The van der Waals surface area contributed by atoms with E-state index >= 15 is 0 Å². The third-order valence-electron chi connectivity index (χ3n) is 5.13. The lowest BCUT2D eigenvalue weighted by Gasteiger charge is -2.29. The van der Waals surface area contributed by atoms with Crippen LogP contribution in [-0.2, 0) is 25.4 Å². The molecule has 0 amide bonds. The number of benzene rings is 1. The van der Waals surface area contributed by atoms with Gasteiger partial charge in [-0.2, -0.15) is 0 Å². The Labute approximate surface area is 179 Å². The average Bonchev–Trinajstić information content (AvgIpc) is 2.73. The van der Waals surface area contributed by atoms with Gasteiger partial charge in [-0.3, -0.25) is 0 Å². The van der Waals surface area contributed by atoms with Crippen LogP contribution < -0.4 is 0 Å². The van der Waals surface area contributed by atoms with E-state index < -0.39 is 0 Å². The fourth-order valence-corrected chi connectivity index (χ4v) is 3.20. The molecule has 0 bridgehead atoms. The minimum atomic E-state index is -0.0760. The first-order valence-corrected chi connectivity index (χ1v) is 11.4. The molecule has 1 atom stereocenters. The highest BCUT2D eigenvalue weighted by Gasteiger charge is 2.26. The van der Waals surface area contributed by atoms with E-state index in [4.69, 9.17) is 18.9 Å². The summed E-state index contributed by atoms with van der Waals surface area (Å²) in [5.41, 5.74) is 2.66. The van der Waals surface area contributed by atoms with Gasteiger partial charge in [0.05, 0.1) is 39.6 Å². The maximum Gasteiger partial charge on any atom is 0.0700 e. The fraction of sp³-hybridized carbons (Fsp3) is 0.760. The second-order valence-electron chi connectivity index (χ2n) is 8.37. The van der Waals surface area contributed by atoms with Crippen molar-refractivity contribution in [1.29, 1.82) is 0 Å². The highest BCUT2D eigenvalue weighted by molar-refractivity contribution is 5.25. The molecule has 1 aromatic rings. The van der Waals surface area contributed by atoms with Gasteiger partial charge in [0.2, 0.25) is 0 Å². The van der Waals surface area contributed by atoms with E-state index in [0.717, 1.165) is 32.5 Å². The molecule has 29 heavy (non-hydrogen) atoms. The van der Waals surface area contributed by atoms with Crippen LogP contribution in [0.5, 0.6) is 0 Å². The van der Waals surface area contributed by atoms with Crippen LogP contribution in [0.15, 0.2) is 24.3 Å². The Balaban J connectivity index is 2.57. The number of ether oxygens (including phenoxy) is 4. The van der Waals surface area contributed by atoms with Crippen LogP contribution in [0.2, 0.25) is 0 Å². The Hall–Kier alpha value is -0.940. The van der Waals surface area contributed by atoms with Gasteiger partial charge in [-0.05, 0) is 42.7 Å². The van der Waals surface area contributed by atoms with Crippen LogP contribution in [0.4, 0.5) is 0 Å². The van der Waals surface area contributed by atoms with Gasteiger partial charge in [-0.1, -0.05) is 58.9 Å². The van der Waals surface area contributed by atoms with Crippen molar-refractivity contribution >= 4 is 0 Å². The maximum atomic E-state index is 5.96. The summed E-state index contributed by atoms with van der Waals surface area (Å²) in [6.07, 6.45) is 4.18. The quantitative estimate of drug-likeness (QED) is 0.295. The molecule has 0 aliphatic heterocycles. The zero-order valence-electron chi connectivity index (χ0n) is 19.5. The Morgan fingerprint density at radius 1 is 0.724 bits per heavy atom. The van der Waals surface area contributed by atoms with Gasteiger partial charge in [0.25, 0.3) is 0 Å². The summed E-state index contributed by atoms with van der Waals surface area (Å²) < 4.78 is 23.0. The van der Waals surface area contributed by atoms with Crippen molar-refractivity contribution in [3.8, 4) is 0 Å². The van der Waals surface area contributed by atoms with Crippen molar-refractivity contribution in [1.82, 2.24) is 0 Å². The Bertz CT molecular complexity index is 484. The Kier molecular flexibility index (Phi) is 14.3. The van der Waals surface area contributed by atoms with Crippen molar-refractivity contribution in [2.24, 2.45) is 5.41 Å². The summed E-state index contributed by atoms with van der Waals surface area (Å²) in [5, 5.41) is 0. The van der Waals surface area contributed by atoms with Crippen LogP contribution in [0, 0.1) is 5.41 Å². The van der Waals surface area contributed by atoms with Crippen LogP contribution in [0.25, 0.3) is 0 Å². The van der Waals surface area contributed by atoms with Crippen molar-refractivity contribution in [3.05, 3.63) is 35.4 Å². The summed E-state index contributed by atoms with van der Waals surface area (Å²) in [5.74, 6) is 0.605. The van der Waals surface area contributed by atoms with Crippen molar-refractivity contribution in [3.63, 3.8) is 0 Å². The Morgan fingerprint density at radius 3 is 1.66 bits per heavy atom. The smallest absolute Gasteiger partial charge is 0.0700 e. The van der Waals surface area contributed by atoms with Crippen LogP contribution >= 0.6 is 0 Å². The van der Waals surface area contributed by atoms with Crippen LogP contribution in [0.3, 0.4) is 0 Å². The molecule has 4 nitrogen and oxygen atoms in total. The average molecular weight is 409 g/mol. The van der Waals surface area contributed by atoms with Crippen LogP contribution in [0.1, 0.15) is 70.9 Å². The van der Waals surface area contributed by atoms with Crippen molar-refractivity contribution in [2.75, 3.05) is 52.9 Å². The lowest BCUT2D eigenvalue weighted by Crippen LogP contribution is -2.33. The first-order valence-electron chi connectivity index (χ1n) is 11.4. The third-order valence-corrected chi connectivity index (χ3v) is 5.13. The molecule has 0 aliphatic rings. The van der Waals surface area contributed by atoms with E-state index in [9.17, 15) is 0 Å². The van der Waals surface area contributed by atoms with E-state index in [2.05, 4.69) is 58.9 Å². The molecule has 0 saturated carbocycles. The molecule has 1 aromatic carbocycles. The SMILES string of the molecule is CCCOCCOCC(C)(COCCOCCC)Cc1ccc(C(C)CC)cc1. The topological polar surface area (TPSA) is 36.9 Å². The molecule has 0 spiro atoms. The predicted molar refractivity (Wildman–Crippen MR) is 121 cm³/mol. The van der Waals surface area contributed by atoms with Crippen molar-refractivity contribution < 1.29 is 18.9 Å². The van der Waals surface area contributed by atoms with Gasteiger partial charge in [0.1, 0.15) is 0 Å². The summed E-state index contributed by atoms with van der Waals surface area (Å²) in [4.78, 5) is 0. The predicted octanol–water partition coefficient (Wildman–Crippen LogP) is 5.64. The standard InChI is InChI=1S/C25H44O4/c1-6-13-26-15-17-28-20-25(5,21-29-18-16-27-14-7-2)19-23-9-11-24(12-10-23)22(4)8-3/h9-12,22H,6-8,13-21H2,1-5H3. The molecule has 0 radical (unpaired) electrons. The van der Waals surface area contributed by atoms with Gasteiger partial charge >= 0.3 is 0 Å². The summed E-state index contributed by atoms with van der Waals surface area (Å²) in [7, 11) is 0. The molecule has 0 N–H and O–H groups in total. The molecular formula is C25H44O4. The second-order valence-corrected chi connectivity index (χ2v) is 8.37. The molecule has 0 heterocycles. The van der Waals surface area contributed by atoms with Gasteiger partial charge in [-0.15, -0.1) is 0 Å². The lowest BCUT2D eigenvalue weighted by molar-refractivity contribution is -0.0395. The molecule has 0 aromatic heterocycles. The molecule has 0 fully saturated rings. The number of hydrogen-bond donors (Lipinski definition) is 0. The number of hydrogen-bond acceptors (Lipinski definition) is 4. The van der Waals surface area contributed by atoms with E-state index in [0.29, 0.717) is 45.6 Å².